The molecule has 0 amide bonds. The SMILES string of the molecule is CC(C)C(=O)CN1CCOC(CO)C1. The average Bonchev–Trinajstić information content (AvgIpc) is 2.18. The first kappa shape index (κ1) is 11.6. The number of morpholine rings is 1. The van der Waals surface area contributed by atoms with Crippen LogP contribution in [0.5, 0.6) is 0 Å². The highest BCUT2D eigenvalue weighted by atomic mass is 16.5. The third-order valence-corrected chi connectivity index (χ3v) is 2.45. The summed E-state index contributed by atoms with van der Waals surface area (Å²) in [7, 11) is 0. The van der Waals surface area contributed by atoms with Crippen LogP contribution < -0.4 is 0 Å². The van der Waals surface area contributed by atoms with Gasteiger partial charge in [0.1, 0.15) is 5.78 Å². The number of ether oxygens (including phenoxy) is 1. The molecule has 1 saturated heterocycles. The van der Waals surface area contributed by atoms with Crippen LogP contribution in [0.4, 0.5) is 0 Å². The number of carbonyl (C=O) groups excluding carboxylic acids is 1. The van der Waals surface area contributed by atoms with Crippen molar-refractivity contribution < 1.29 is 14.6 Å². The number of hydrogen-bond donors (Lipinski definition) is 1. The lowest BCUT2D eigenvalue weighted by Crippen LogP contribution is -2.46. The van der Waals surface area contributed by atoms with Crippen LogP contribution in [0.15, 0.2) is 0 Å². The van der Waals surface area contributed by atoms with E-state index in [9.17, 15) is 4.79 Å². The Balaban J connectivity index is 2.34. The van der Waals surface area contributed by atoms with Crippen LogP contribution in [0.3, 0.4) is 0 Å². The molecule has 1 aliphatic rings. The van der Waals surface area contributed by atoms with Gasteiger partial charge in [-0.05, 0) is 0 Å². The number of Topliss-reactive ketones (excluding diaryl/α,β-unsaturated/α-hetero) is 1. The average molecular weight is 201 g/mol. The molecular formula is C10H19NO3. The Morgan fingerprint density at radius 1 is 1.64 bits per heavy atom. The van der Waals surface area contributed by atoms with Crippen molar-refractivity contribution in [3.05, 3.63) is 0 Å². The Morgan fingerprint density at radius 3 is 2.93 bits per heavy atom. The summed E-state index contributed by atoms with van der Waals surface area (Å²) in [4.78, 5) is 13.5. The fraction of sp³-hybridized carbons (Fsp3) is 0.900. The van der Waals surface area contributed by atoms with Gasteiger partial charge in [-0.1, -0.05) is 13.8 Å². The number of rotatable bonds is 4. The van der Waals surface area contributed by atoms with Crippen LogP contribution in [-0.4, -0.2) is 54.7 Å². The van der Waals surface area contributed by atoms with Gasteiger partial charge in [-0.25, -0.2) is 0 Å². The zero-order valence-corrected chi connectivity index (χ0v) is 8.90. The first-order chi connectivity index (χ1) is 6.63. The predicted molar refractivity (Wildman–Crippen MR) is 53.1 cm³/mol. The summed E-state index contributed by atoms with van der Waals surface area (Å²) < 4.78 is 5.30. The molecule has 4 heteroatoms. The highest BCUT2D eigenvalue weighted by molar-refractivity contribution is 5.82. The summed E-state index contributed by atoms with van der Waals surface area (Å²) in [6.07, 6.45) is -0.122. The molecule has 1 rings (SSSR count). The van der Waals surface area contributed by atoms with E-state index in [0.29, 0.717) is 19.7 Å². The first-order valence-electron chi connectivity index (χ1n) is 5.11. The molecule has 1 atom stereocenters. The first-order valence-corrected chi connectivity index (χ1v) is 5.11. The summed E-state index contributed by atoms with van der Waals surface area (Å²) in [5, 5.41) is 8.92. The van der Waals surface area contributed by atoms with Crippen molar-refractivity contribution in [2.45, 2.75) is 20.0 Å². The van der Waals surface area contributed by atoms with E-state index in [1.807, 2.05) is 18.7 Å². The van der Waals surface area contributed by atoms with Crippen LogP contribution in [0, 0.1) is 5.92 Å². The highest BCUT2D eigenvalue weighted by Gasteiger charge is 2.22. The Labute approximate surface area is 84.8 Å². The molecule has 1 unspecified atom stereocenters. The Kier molecular flexibility index (Phi) is 4.51. The molecule has 0 spiro atoms. The summed E-state index contributed by atoms with van der Waals surface area (Å²) in [5.74, 6) is 0.342. The van der Waals surface area contributed by atoms with Gasteiger partial charge in [0.15, 0.2) is 0 Å². The minimum absolute atomic E-state index is 0.0341. The normalized spacial score (nSPS) is 24.1. The molecule has 0 aromatic rings. The zero-order valence-electron chi connectivity index (χ0n) is 8.90. The van der Waals surface area contributed by atoms with Crippen LogP contribution in [0.25, 0.3) is 0 Å². The fourth-order valence-corrected chi connectivity index (χ4v) is 1.44. The van der Waals surface area contributed by atoms with Crippen LogP contribution in [0.1, 0.15) is 13.8 Å². The lowest BCUT2D eigenvalue weighted by molar-refractivity contribution is -0.125. The molecule has 0 aromatic carbocycles. The third kappa shape index (κ3) is 3.36. The van der Waals surface area contributed by atoms with Gasteiger partial charge in [-0.3, -0.25) is 9.69 Å². The number of carbonyl (C=O) groups is 1. The van der Waals surface area contributed by atoms with Crippen molar-refractivity contribution in [2.75, 3.05) is 32.8 Å². The van der Waals surface area contributed by atoms with Crippen molar-refractivity contribution >= 4 is 5.78 Å². The minimum Gasteiger partial charge on any atom is -0.394 e. The molecule has 0 saturated carbocycles. The molecule has 82 valence electrons. The summed E-state index contributed by atoms with van der Waals surface area (Å²) in [5.41, 5.74) is 0. The van der Waals surface area contributed by atoms with E-state index in [1.54, 1.807) is 0 Å². The van der Waals surface area contributed by atoms with Gasteiger partial charge in [0, 0.05) is 19.0 Å². The fourth-order valence-electron chi connectivity index (χ4n) is 1.44. The molecule has 0 bridgehead atoms. The molecule has 1 aliphatic heterocycles. The van der Waals surface area contributed by atoms with Crippen molar-refractivity contribution in [1.82, 2.24) is 4.90 Å². The van der Waals surface area contributed by atoms with Gasteiger partial charge >= 0.3 is 0 Å². The highest BCUT2D eigenvalue weighted by Crippen LogP contribution is 2.06. The smallest absolute Gasteiger partial charge is 0.149 e. The topological polar surface area (TPSA) is 49.8 Å². The standard InChI is InChI=1S/C10H19NO3/c1-8(2)10(13)6-11-3-4-14-9(5-11)7-12/h8-9,12H,3-7H2,1-2H3. The molecule has 1 heterocycles. The molecule has 1 fully saturated rings. The van der Waals surface area contributed by atoms with Crippen LogP contribution in [-0.2, 0) is 9.53 Å². The summed E-state index contributed by atoms with van der Waals surface area (Å²) >= 11 is 0. The summed E-state index contributed by atoms with van der Waals surface area (Å²) in [6.45, 7) is 6.39. The van der Waals surface area contributed by atoms with E-state index in [1.165, 1.54) is 0 Å². The second-order valence-corrected chi connectivity index (χ2v) is 4.03. The quantitative estimate of drug-likeness (QED) is 0.690. The summed E-state index contributed by atoms with van der Waals surface area (Å²) in [6, 6.07) is 0. The maximum Gasteiger partial charge on any atom is 0.149 e. The van der Waals surface area contributed by atoms with Gasteiger partial charge in [0.05, 0.1) is 25.9 Å². The maximum atomic E-state index is 11.5. The maximum absolute atomic E-state index is 11.5. The Morgan fingerprint density at radius 2 is 2.36 bits per heavy atom. The number of aliphatic hydroxyl groups is 1. The molecule has 1 N–H and O–H groups in total. The van der Waals surface area contributed by atoms with E-state index in [4.69, 9.17) is 9.84 Å². The molecule has 0 radical (unpaired) electrons. The lowest BCUT2D eigenvalue weighted by Gasteiger charge is -2.31. The van der Waals surface area contributed by atoms with Crippen LogP contribution >= 0.6 is 0 Å². The molecule has 4 nitrogen and oxygen atoms in total. The zero-order chi connectivity index (χ0) is 10.6. The largest absolute Gasteiger partial charge is 0.394 e. The minimum atomic E-state index is -0.122. The molecular weight excluding hydrogens is 182 g/mol. The van der Waals surface area contributed by atoms with Gasteiger partial charge in [-0.15, -0.1) is 0 Å². The third-order valence-electron chi connectivity index (χ3n) is 2.45. The Bertz CT molecular complexity index is 194. The van der Waals surface area contributed by atoms with Gasteiger partial charge in [0.2, 0.25) is 0 Å². The number of nitrogens with zero attached hydrogens (tertiary/aromatic N) is 1. The Hall–Kier alpha value is -0.450. The second-order valence-electron chi connectivity index (χ2n) is 4.03. The van der Waals surface area contributed by atoms with E-state index in [0.717, 1.165) is 6.54 Å². The number of hydrogen-bond acceptors (Lipinski definition) is 4. The van der Waals surface area contributed by atoms with Gasteiger partial charge in [0.25, 0.3) is 0 Å². The monoisotopic (exact) mass is 201 g/mol. The van der Waals surface area contributed by atoms with Crippen molar-refractivity contribution in [1.29, 1.82) is 0 Å². The van der Waals surface area contributed by atoms with Gasteiger partial charge in [-0.2, -0.15) is 0 Å². The van der Waals surface area contributed by atoms with Crippen LogP contribution in [0.2, 0.25) is 0 Å². The molecule has 0 aliphatic carbocycles. The van der Waals surface area contributed by atoms with Crippen molar-refractivity contribution in [3.8, 4) is 0 Å². The predicted octanol–water partition coefficient (Wildman–Crippen LogP) is -0.0954. The van der Waals surface area contributed by atoms with Crippen molar-refractivity contribution in [3.63, 3.8) is 0 Å². The van der Waals surface area contributed by atoms with E-state index >= 15 is 0 Å². The van der Waals surface area contributed by atoms with E-state index < -0.39 is 0 Å². The molecule has 14 heavy (non-hydrogen) atoms. The van der Waals surface area contributed by atoms with Gasteiger partial charge < -0.3 is 9.84 Å². The lowest BCUT2D eigenvalue weighted by atomic mass is 10.1. The van der Waals surface area contributed by atoms with E-state index in [2.05, 4.69) is 0 Å². The number of aliphatic hydroxyl groups excluding tert-OH is 1. The van der Waals surface area contributed by atoms with E-state index in [-0.39, 0.29) is 24.4 Å². The molecule has 0 aromatic heterocycles. The number of ketones is 1. The second kappa shape index (κ2) is 5.44. The van der Waals surface area contributed by atoms with Crippen molar-refractivity contribution in [2.24, 2.45) is 5.92 Å².